The molecule has 17 heavy (non-hydrogen) atoms. The van der Waals surface area contributed by atoms with E-state index in [-0.39, 0.29) is 30.2 Å². The zero-order valence-corrected chi connectivity index (χ0v) is 9.51. The summed E-state index contributed by atoms with van der Waals surface area (Å²) >= 11 is 0. The second kappa shape index (κ2) is 5.89. The Hall–Kier alpha value is -2.04. The first-order valence-electron chi connectivity index (χ1n) is 5.28. The average Bonchev–Trinajstić information content (AvgIpc) is 2.25. The highest BCUT2D eigenvalue weighted by Crippen LogP contribution is 2.15. The van der Waals surface area contributed by atoms with Gasteiger partial charge in [-0.15, -0.1) is 0 Å². The molecule has 0 aliphatic rings. The number of hydrogen-bond donors (Lipinski definition) is 3. The van der Waals surface area contributed by atoms with Crippen molar-refractivity contribution in [3.8, 4) is 5.75 Å². The molecule has 1 amide bonds. The Labute approximate surface area is 99.1 Å². The van der Waals surface area contributed by atoms with E-state index in [2.05, 4.69) is 5.32 Å². The summed E-state index contributed by atoms with van der Waals surface area (Å²) in [6.07, 6.45) is 0.00104. The number of carbonyl (C=O) groups is 2. The number of carboxylic acid groups (broad SMARTS) is 1. The van der Waals surface area contributed by atoms with Gasteiger partial charge in [-0.2, -0.15) is 0 Å². The van der Waals surface area contributed by atoms with Crippen LogP contribution in [0.3, 0.4) is 0 Å². The minimum Gasteiger partial charge on any atom is -0.507 e. The molecule has 0 aromatic heterocycles. The molecule has 0 aliphatic heterocycles. The molecule has 0 radical (unpaired) electrons. The van der Waals surface area contributed by atoms with Crippen molar-refractivity contribution in [1.82, 2.24) is 5.32 Å². The molecule has 1 aromatic rings. The number of amides is 1. The second-order valence-electron chi connectivity index (χ2n) is 3.93. The molecule has 1 aromatic carbocycles. The van der Waals surface area contributed by atoms with Crippen LogP contribution in [0.2, 0.25) is 0 Å². The molecule has 1 atom stereocenters. The number of benzene rings is 1. The van der Waals surface area contributed by atoms with Gasteiger partial charge in [-0.25, -0.2) is 0 Å². The van der Waals surface area contributed by atoms with Crippen molar-refractivity contribution in [3.63, 3.8) is 0 Å². The molecular formula is C12H15NO4. The maximum Gasteiger partial charge on any atom is 0.303 e. The van der Waals surface area contributed by atoms with Gasteiger partial charge in [-0.1, -0.05) is 19.1 Å². The Morgan fingerprint density at radius 3 is 2.59 bits per heavy atom. The predicted octanol–water partition coefficient (Wildman–Crippen LogP) is 1.23. The third kappa shape index (κ3) is 4.14. The number of carbonyl (C=O) groups excluding carboxylic acids is 1. The lowest BCUT2D eigenvalue weighted by atomic mass is 10.1. The fourth-order valence-corrected chi connectivity index (χ4v) is 1.40. The summed E-state index contributed by atoms with van der Waals surface area (Å²) in [6.45, 7) is 2.00. The molecule has 3 N–H and O–H groups in total. The molecule has 5 nitrogen and oxygen atoms in total. The lowest BCUT2D eigenvalue weighted by Gasteiger charge is -2.10. The van der Waals surface area contributed by atoms with Crippen LogP contribution in [0.25, 0.3) is 0 Å². The van der Waals surface area contributed by atoms with E-state index in [4.69, 9.17) is 5.11 Å². The maximum absolute atomic E-state index is 11.6. The number of para-hydroxylation sites is 1. The lowest BCUT2D eigenvalue weighted by molar-refractivity contribution is -0.137. The third-order valence-electron chi connectivity index (χ3n) is 2.28. The Morgan fingerprint density at radius 2 is 2.00 bits per heavy atom. The third-order valence-corrected chi connectivity index (χ3v) is 2.28. The molecule has 0 fully saturated rings. The van der Waals surface area contributed by atoms with Crippen molar-refractivity contribution < 1.29 is 19.8 Å². The zero-order chi connectivity index (χ0) is 12.8. The fourth-order valence-electron chi connectivity index (χ4n) is 1.40. The average molecular weight is 237 g/mol. The van der Waals surface area contributed by atoms with E-state index >= 15 is 0 Å². The molecule has 0 saturated heterocycles. The van der Waals surface area contributed by atoms with E-state index < -0.39 is 11.9 Å². The van der Waals surface area contributed by atoms with E-state index in [1.807, 2.05) is 0 Å². The molecule has 1 rings (SSSR count). The molecular weight excluding hydrogens is 222 g/mol. The Kier molecular flexibility index (Phi) is 4.51. The zero-order valence-electron chi connectivity index (χ0n) is 9.51. The molecule has 0 aliphatic carbocycles. The fraction of sp³-hybridized carbons (Fsp3) is 0.333. The first-order chi connectivity index (χ1) is 8.00. The van der Waals surface area contributed by atoms with Gasteiger partial charge in [0.05, 0.1) is 5.56 Å². The van der Waals surface area contributed by atoms with Gasteiger partial charge in [-0.05, 0) is 18.1 Å². The van der Waals surface area contributed by atoms with Crippen LogP contribution < -0.4 is 5.32 Å². The molecule has 0 spiro atoms. The quantitative estimate of drug-likeness (QED) is 0.719. The van der Waals surface area contributed by atoms with Crippen LogP contribution in [0.1, 0.15) is 23.7 Å². The van der Waals surface area contributed by atoms with Gasteiger partial charge in [0.1, 0.15) is 5.75 Å². The highest BCUT2D eigenvalue weighted by Gasteiger charge is 2.12. The van der Waals surface area contributed by atoms with Gasteiger partial charge in [0.25, 0.3) is 5.91 Å². The second-order valence-corrected chi connectivity index (χ2v) is 3.93. The van der Waals surface area contributed by atoms with Gasteiger partial charge in [0.15, 0.2) is 0 Å². The summed E-state index contributed by atoms with van der Waals surface area (Å²) in [4.78, 5) is 22.1. The number of rotatable bonds is 5. The SMILES string of the molecule is CC(CNC(=O)c1ccccc1O)CC(=O)O. The summed E-state index contributed by atoms with van der Waals surface area (Å²) < 4.78 is 0. The van der Waals surface area contributed by atoms with E-state index in [0.29, 0.717) is 0 Å². The Bertz CT molecular complexity index is 417. The highest BCUT2D eigenvalue weighted by atomic mass is 16.4. The van der Waals surface area contributed by atoms with E-state index in [9.17, 15) is 14.7 Å². The summed E-state index contributed by atoms with van der Waals surface area (Å²) in [7, 11) is 0. The monoisotopic (exact) mass is 237 g/mol. The number of phenolic OH excluding ortho intramolecular Hbond substituents is 1. The molecule has 1 unspecified atom stereocenters. The Morgan fingerprint density at radius 1 is 1.35 bits per heavy atom. The molecule has 5 heteroatoms. The van der Waals surface area contributed by atoms with Crippen LogP contribution in [-0.2, 0) is 4.79 Å². The number of aromatic hydroxyl groups is 1. The van der Waals surface area contributed by atoms with Gasteiger partial charge in [0, 0.05) is 13.0 Å². The maximum atomic E-state index is 11.6. The Balaban J connectivity index is 2.51. The number of aliphatic carboxylic acids is 1. The minimum absolute atomic E-state index is 0.00104. The predicted molar refractivity (Wildman–Crippen MR) is 61.9 cm³/mol. The van der Waals surface area contributed by atoms with Crippen molar-refractivity contribution in [2.45, 2.75) is 13.3 Å². The normalized spacial score (nSPS) is 11.8. The summed E-state index contributed by atoms with van der Waals surface area (Å²) in [5.74, 6) is -1.53. The van der Waals surface area contributed by atoms with E-state index in [1.54, 1.807) is 19.1 Å². The van der Waals surface area contributed by atoms with Crippen LogP contribution in [0.15, 0.2) is 24.3 Å². The minimum atomic E-state index is -0.894. The van der Waals surface area contributed by atoms with Crippen molar-refractivity contribution in [2.75, 3.05) is 6.54 Å². The summed E-state index contributed by atoms with van der Waals surface area (Å²) in [5.41, 5.74) is 0.190. The summed E-state index contributed by atoms with van der Waals surface area (Å²) in [6, 6.07) is 6.20. The van der Waals surface area contributed by atoms with Crippen molar-refractivity contribution in [2.24, 2.45) is 5.92 Å². The van der Waals surface area contributed by atoms with Crippen LogP contribution >= 0.6 is 0 Å². The number of nitrogens with one attached hydrogen (secondary N) is 1. The first-order valence-corrected chi connectivity index (χ1v) is 5.28. The number of phenols is 1. The van der Waals surface area contributed by atoms with Gasteiger partial charge >= 0.3 is 5.97 Å². The molecule has 0 heterocycles. The number of hydrogen-bond acceptors (Lipinski definition) is 3. The largest absolute Gasteiger partial charge is 0.507 e. The molecule has 0 bridgehead atoms. The van der Waals surface area contributed by atoms with Crippen LogP contribution in [-0.4, -0.2) is 28.6 Å². The van der Waals surface area contributed by atoms with Crippen molar-refractivity contribution in [1.29, 1.82) is 0 Å². The van der Waals surface area contributed by atoms with Crippen molar-refractivity contribution >= 4 is 11.9 Å². The van der Waals surface area contributed by atoms with E-state index in [0.717, 1.165) is 0 Å². The van der Waals surface area contributed by atoms with Gasteiger partial charge < -0.3 is 15.5 Å². The van der Waals surface area contributed by atoms with Crippen LogP contribution in [0.5, 0.6) is 5.75 Å². The molecule has 0 saturated carbocycles. The van der Waals surface area contributed by atoms with Crippen LogP contribution in [0.4, 0.5) is 0 Å². The highest BCUT2D eigenvalue weighted by molar-refractivity contribution is 5.96. The van der Waals surface area contributed by atoms with E-state index in [1.165, 1.54) is 12.1 Å². The van der Waals surface area contributed by atoms with Crippen LogP contribution in [0, 0.1) is 5.92 Å². The molecule has 92 valence electrons. The van der Waals surface area contributed by atoms with Crippen molar-refractivity contribution in [3.05, 3.63) is 29.8 Å². The topological polar surface area (TPSA) is 86.6 Å². The smallest absolute Gasteiger partial charge is 0.303 e. The lowest BCUT2D eigenvalue weighted by Crippen LogP contribution is -2.29. The summed E-state index contributed by atoms with van der Waals surface area (Å²) in [5, 5.41) is 20.6. The first kappa shape index (κ1) is 13.0. The van der Waals surface area contributed by atoms with Gasteiger partial charge in [0.2, 0.25) is 0 Å². The number of carboxylic acids is 1. The standard InChI is InChI=1S/C12H15NO4/c1-8(6-11(15)16)7-13-12(17)9-4-2-3-5-10(9)14/h2-5,8,14H,6-7H2,1H3,(H,13,17)(H,15,16). The van der Waals surface area contributed by atoms with Gasteiger partial charge in [-0.3, -0.25) is 9.59 Å².